The molecule has 0 aliphatic heterocycles. The first-order valence-corrected chi connectivity index (χ1v) is 6.99. The number of hydrazine groups is 1. The van der Waals surface area contributed by atoms with Gasteiger partial charge in [0.05, 0.1) is 28.6 Å². The van der Waals surface area contributed by atoms with E-state index < -0.39 is 0 Å². The molecule has 0 saturated heterocycles. The summed E-state index contributed by atoms with van der Waals surface area (Å²) in [5.41, 5.74) is 4.26. The van der Waals surface area contributed by atoms with Crippen LogP contribution in [-0.4, -0.2) is 5.91 Å². The van der Waals surface area contributed by atoms with Crippen LogP contribution in [0.2, 0.25) is 5.02 Å². The van der Waals surface area contributed by atoms with Crippen LogP contribution in [0.3, 0.4) is 0 Å². The van der Waals surface area contributed by atoms with Crippen LogP contribution < -0.4 is 16.6 Å². The van der Waals surface area contributed by atoms with E-state index in [-0.39, 0.29) is 5.91 Å². The fourth-order valence-corrected chi connectivity index (χ4v) is 2.36. The summed E-state index contributed by atoms with van der Waals surface area (Å²) >= 11 is 9.20. The Morgan fingerprint density at radius 1 is 1.24 bits per heavy atom. The molecule has 7 heteroatoms. The number of hydrogen-bond acceptors (Lipinski definition) is 4. The predicted octanol–water partition coefficient (Wildman–Crippen LogP) is 3.51. The number of amides is 1. The molecule has 0 unspecified atom stereocenters. The molecule has 0 aliphatic carbocycles. The van der Waals surface area contributed by atoms with Crippen LogP contribution in [0.15, 0.2) is 40.9 Å². The number of carbonyl (C=O) groups excluding carboxylic acids is 1. The predicted molar refractivity (Wildman–Crippen MR) is 86.1 cm³/mol. The van der Waals surface area contributed by atoms with E-state index in [2.05, 4.69) is 26.7 Å². The van der Waals surface area contributed by atoms with Crippen LogP contribution in [0.25, 0.3) is 0 Å². The number of nitrogens with one attached hydrogen (secondary N) is 2. The summed E-state index contributed by atoms with van der Waals surface area (Å²) in [5, 5.41) is 12.0. The van der Waals surface area contributed by atoms with E-state index in [1.165, 1.54) is 6.07 Å². The molecule has 0 atom stereocenters. The van der Waals surface area contributed by atoms with E-state index in [1.807, 2.05) is 6.07 Å². The molecular formula is C14H10BrClN4O. The molecule has 1 amide bonds. The van der Waals surface area contributed by atoms with Gasteiger partial charge in [-0.05, 0) is 52.3 Å². The van der Waals surface area contributed by atoms with Gasteiger partial charge in [-0.25, -0.2) is 0 Å². The van der Waals surface area contributed by atoms with Crippen molar-refractivity contribution in [3.63, 3.8) is 0 Å². The summed E-state index contributed by atoms with van der Waals surface area (Å²) in [6.45, 7) is 0. The van der Waals surface area contributed by atoms with Gasteiger partial charge in [0.1, 0.15) is 0 Å². The summed E-state index contributed by atoms with van der Waals surface area (Å²) in [7, 11) is 0. The lowest BCUT2D eigenvalue weighted by Gasteiger charge is -2.11. The third kappa shape index (κ3) is 3.52. The van der Waals surface area contributed by atoms with Gasteiger partial charge in [0.25, 0.3) is 5.91 Å². The molecular weight excluding hydrogens is 356 g/mol. The van der Waals surface area contributed by atoms with E-state index in [9.17, 15) is 4.79 Å². The second kappa shape index (κ2) is 6.59. The lowest BCUT2D eigenvalue weighted by Crippen LogP contribution is -2.17. The van der Waals surface area contributed by atoms with E-state index in [1.54, 1.807) is 30.3 Å². The summed E-state index contributed by atoms with van der Waals surface area (Å²) in [4.78, 5) is 12.3. The summed E-state index contributed by atoms with van der Waals surface area (Å²) in [6, 6.07) is 11.7. The maximum absolute atomic E-state index is 12.3. The Morgan fingerprint density at radius 3 is 2.57 bits per heavy atom. The largest absolute Gasteiger partial charge is 0.323 e. The van der Waals surface area contributed by atoms with Crippen LogP contribution in [0.1, 0.15) is 15.9 Å². The number of halogens is 2. The number of hydrogen-bond donors (Lipinski definition) is 3. The van der Waals surface area contributed by atoms with Crippen molar-refractivity contribution in [1.82, 2.24) is 0 Å². The van der Waals surface area contributed by atoms with E-state index >= 15 is 0 Å². The first-order chi connectivity index (χ1) is 10.0. The van der Waals surface area contributed by atoms with Crippen LogP contribution in [0.5, 0.6) is 0 Å². The van der Waals surface area contributed by atoms with Gasteiger partial charge >= 0.3 is 0 Å². The smallest absolute Gasteiger partial charge is 0.257 e. The third-order valence-electron chi connectivity index (χ3n) is 2.73. The number of anilines is 2. The zero-order valence-corrected chi connectivity index (χ0v) is 13.0. The molecule has 5 nitrogen and oxygen atoms in total. The second-order valence-electron chi connectivity index (χ2n) is 4.09. The molecule has 21 heavy (non-hydrogen) atoms. The van der Waals surface area contributed by atoms with Gasteiger partial charge < -0.3 is 10.7 Å². The second-order valence-corrected chi connectivity index (χ2v) is 5.39. The minimum atomic E-state index is -0.365. The maximum Gasteiger partial charge on any atom is 0.257 e. The number of nitrogens with two attached hydrogens (primary N) is 1. The minimum Gasteiger partial charge on any atom is -0.323 e. The third-order valence-corrected chi connectivity index (χ3v) is 3.62. The average Bonchev–Trinajstić information content (AvgIpc) is 2.49. The van der Waals surface area contributed by atoms with Gasteiger partial charge in [-0.1, -0.05) is 11.6 Å². The highest BCUT2D eigenvalue weighted by Crippen LogP contribution is 2.26. The van der Waals surface area contributed by atoms with E-state index in [0.29, 0.717) is 32.0 Å². The van der Waals surface area contributed by atoms with Crippen molar-refractivity contribution in [1.29, 1.82) is 5.26 Å². The minimum absolute atomic E-state index is 0.321. The Hall–Kier alpha value is -2.07. The highest BCUT2D eigenvalue weighted by atomic mass is 79.9. The first kappa shape index (κ1) is 15.3. The molecule has 0 radical (unpaired) electrons. The fraction of sp³-hybridized carbons (Fsp3) is 0. The maximum atomic E-state index is 12.3. The number of nitriles is 1. The van der Waals surface area contributed by atoms with Gasteiger partial charge in [0, 0.05) is 9.50 Å². The molecule has 0 aromatic heterocycles. The molecule has 0 saturated carbocycles. The number of nitrogens with zero attached hydrogens (tertiary/aromatic N) is 1. The Bertz CT molecular complexity index is 742. The zero-order valence-electron chi connectivity index (χ0n) is 10.7. The highest BCUT2D eigenvalue weighted by molar-refractivity contribution is 9.10. The topological polar surface area (TPSA) is 90.9 Å². The van der Waals surface area contributed by atoms with Gasteiger partial charge in [-0.3, -0.25) is 10.6 Å². The van der Waals surface area contributed by atoms with Crippen molar-refractivity contribution >= 4 is 44.8 Å². The number of nitrogen functional groups attached to an aromatic ring is 1. The van der Waals surface area contributed by atoms with Gasteiger partial charge in [-0.15, -0.1) is 0 Å². The van der Waals surface area contributed by atoms with Gasteiger partial charge in [0.2, 0.25) is 0 Å². The molecule has 0 heterocycles. The Morgan fingerprint density at radius 2 is 1.95 bits per heavy atom. The molecule has 2 aromatic carbocycles. The number of carbonyl (C=O) groups is 1. The van der Waals surface area contributed by atoms with Crippen molar-refractivity contribution in [3.8, 4) is 6.07 Å². The van der Waals surface area contributed by atoms with Crippen molar-refractivity contribution < 1.29 is 4.79 Å². The van der Waals surface area contributed by atoms with Crippen molar-refractivity contribution in [2.24, 2.45) is 5.84 Å². The molecule has 0 bridgehead atoms. The Labute approximate surface area is 134 Å². The first-order valence-electron chi connectivity index (χ1n) is 5.82. The zero-order chi connectivity index (χ0) is 15.4. The van der Waals surface area contributed by atoms with E-state index in [4.69, 9.17) is 22.7 Å². The van der Waals surface area contributed by atoms with Crippen LogP contribution in [0, 0.1) is 11.3 Å². The molecule has 106 valence electrons. The number of benzene rings is 2. The lowest BCUT2D eigenvalue weighted by atomic mass is 10.1. The molecule has 0 aliphatic rings. The quantitative estimate of drug-likeness (QED) is 0.573. The lowest BCUT2D eigenvalue weighted by molar-refractivity contribution is 0.102. The molecule has 0 fully saturated rings. The monoisotopic (exact) mass is 364 g/mol. The Balaban J connectivity index is 2.30. The van der Waals surface area contributed by atoms with Crippen molar-refractivity contribution in [2.75, 3.05) is 10.7 Å². The molecule has 2 aromatic rings. The molecule has 4 N–H and O–H groups in total. The normalized spacial score (nSPS) is 9.81. The van der Waals surface area contributed by atoms with Crippen LogP contribution in [-0.2, 0) is 0 Å². The summed E-state index contributed by atoms with van der Waals surface area (Å²) in [6.07, 6.45) is 0. The fourth-order valence-electron chi connectivity index (χ4n) is 1.71. The standard InChI is InChI=1S/C14H10BrClN4O/c15-11-5-8(7-17)1-3-13(11)19-14(21)10-6-9(16)2-4-12(10)20-18/h1-6,20H,18H2,(H,19,21). The van der Waals surface area contributed by atoms with Crippen molar-refractivity contribution in [3.05, 3.63) is 57.0 Å². The van der Waals surface area contributed by atoms with E-state index in [0.717, 1.165) is 0 Å². The number of rotatable bonds is 3. The van der Waals surface area contributed by atoms with Crippen LogP contribution >= 0.6 is 27.5 Å². The summed E-state index contributed by atoms with van der Waals surface area (Å²) in [5.74, 6) is 5.02. The molecule has 0 spiro atoms. The average molecular weight is 366 g/mol. The van der Waals surface area contributed by atoms with Gasteiger partial charge in [-0.2, -0.15) is 5.26 Å². The highest BCUT2D eigenvalue weighted by Gasteiger charge is 2.13. The molecule has 2 rings (SSSR count). The SMILES string of the molecule is N#Cc1ccc(NC(=O)c2cc(Cl)ccc2NN)c(Br)c1. The van der Waals surface area contributed by atoms with Crippen molar-refractivity contribution in [2.45, 2.75) is 0 Å². The van der Waals surface area contributed by atoms with Crippen LogP contribution in [0.4, 0.5) is 11.4 Å². The summed E-state index contributed by atoms with van der Waals surface area (Å²) < 4.78 is 0.610. The Kier molecular flexibility index (Phi) is 4.81. The van der Waals surface area contributed by atoms with Gasteiger partial charge in [0.15, 0.2) is 0 Å².